The van der Waals surface area contributed by atoms with E-state index in [4.69, 9.17) is 5.73 Å². The van der Waals surface area contributed by atoms with Crippen molar-refractivity contribution in [2.75, 3.05) is 5.32 Å². The molecule has 3 aromatic rings. The monoisotopic (exact) mass is 371 g/mol. The molecule has 140 valence electrons. The zero-order chi connectivity index (χ0) is 19.7. The Morgan fingerprint density at radius 3 is 2.46 bits per heavy atom. The summed E-state index contributed by atoms with van der Waals surface area (Å²) in [7, 11) is 0. The highest BCUT2D eigenvalue weighted by atomic mass is 16.2. The maximum Gasteiger partial charge on any atom is 0.299 e. The minimum absolute atomic E-state index is 0.204. The quantitative estimate of drug-likeness (QED) is 0.614. The number of anilines is 2. The predicted octanol–water partition coefficient (Wildman–Crippen LogP) is 3.62. The Morgan fingerprint density at radius 1 is 0.929 bits per heavy atom. The van der Waals surface area contributed by atoms with Gasteiger partial charge in [0.05, 0.1) is 16.8 Å². The number of hydrazine groups is 1. The lowest BCUT2D eigenvalue weighted by Gasteiger charge is -2.15. The fourth-order valence-electron chi connectivity index (χ4n) is 3.41. The van der Waals surface area contributed by atoms with Gasteiger partial charge < -0.3 is 5.32 Å². The molecule has 4 rings (SSSR count). The molecule has 0 radical (unpaired) electrons. The Morgan fingerprint density at radius 2 is 1.64 bits per heavy atom. The first-order chi connectivity index (χ1) is 13.5. The summed E-state index contributed by atoms with van der Waals surface area (Å²) in [5.41, 5.74) is 15.9. The number of fused-ring (bicyclic) bond motifs is 1. The summed E-state index contributed by atoms with van der Waals surface area (Å²) in [6.07, 6.45) is 0. The Bertz CT molecular complexity index is 1100. The van der Waals surface area contributed by atoms with Gasteiger partial charge in [-0.15, -0.1) is 0 Å². The Hall–Kier alpha value is -3.60. The van der Waals surface area contributed by atoms with E-state index in [2.05, 4.69) is 30.7 Å². The third kappa shape index (κ3) is 3.22. The molecule has 0 spiro atoms. The fourth-order valence-corrected chi connectivity index (χ4v) is 3.41. The minimum Gasteiger partial charge on any atom is -0.355 e. The van der Waals surface area contributed by atoms with Gasteiger partial charge in [0.1, 0.15) is 6.54 Å². The van der Waals surface area contributed by atoms with Gasteiger partial charge >= 0.3 is 0 Å². The number of amides is 1. The summed E-state index contributed by atoms with van der Waals surface area (Å²) >= 11 is 0. The van der Waals surface area contributed by atoms with Crippen molar-refractivity contribution in [1.82, 2.24) is 5.43 Å². The summed E-state index contributed by atoms with van der Waals surface area (Å²) < 4.78 is 1.70. The first-order valence-corrected chi connectivity index (χ1v) is 9.26. The number of hydrogen-bond acceptors (Lipinski definition) is 3. The number of hydrogen-bond donors (Lipinski definition) is 3. The van der Waals surface area contributed by atoms with Gasteiger partial charge in [0.2, 0.25) is 0 Å². The van der Waals surface area contributed by atoms with Gasteiger partial charge in [-0.05, 0) is 49.2 Å². The van der Waals surface area contributed by atoms with Crippen LogP contribution in [0.2, 0.25) is 0 Å². The molecule has 0 atom stereocenters. The van der Waals surface area contributed by atoms with E-state index in [-0.39, 0.29) is 5.91 Å². The van der Waals surface area contributed by atoms with Crippen LogP contribution in [0.5, 0.6) is 0 Å². The van der Waals surface area contributed by atoms with E-state index in [1.807, 2.05) is 60.7 Å². The van der Waals surface area contributed by atoms with E-state index in [0.29, 0.717) is 17.9 Å². The molecule has 0 saturated carbocycles. The lowest BCUT2D eigenvalue weighted by molar-refractivity contribution is -0.584. The lowest BCUT2D eigenvalue weighted by atomic mass is 10.1. The molecule has 0 unspecified atom stereocenters. The molecule has 5 heteroatoms. The van der Waals surface area contributed by atoms with Gasteiger partial charge in [0.15, 0.2) is 0 Å². The van der Waals surface area contributed by atoms with E-state index in [9.17, 15) is 4.79 Å². The van der Waals surface area contributed by atoms with Crippen molar-refractivity contribution in [2.24, 2.45) is 5.73 Å². The zero-order valence-electron chi connectivity index (χ0n) is 16.0. The molecule has 1 aliphatic rings. The summed E-state index contributed by atoms with van der Waals surface area (Å²) in [4.78, 5) is 13.0. The van der Waals surface area contributed by atoms with Crippen LogP contribution >= 0.6 is 0 Å². The minimum atomic E-state index is -0.204. The SMILES string of the molecule is Cc1cccc(Nc2ccccc2C(=O)N[N+]2=C(N)c3ccccc3C2)c1C. The summed E-state index contributed by atoms with van der Waals surface area (Å²) in [6.45, 7) is 4.70. The van der Waals surface area contributed by atoms with Crippen LogP contribution in [0, 0.1) is 13.8 Å². The van der Waals surface area contributed by atoms with Crippen molar-refractivity contribution in [3.05, 3.63) is 94.5 Å². The van der Waals surface area contributed by atoms with E-state index in [0.717, 1.165) is 28.1 Å². The van der Waals surface area contributed by atoms with Crippen LogP contribution < -0.4 is 16.5 Å². The fraction of sp³-hybridized carbons (Fsp3) is 0.130. The van der Waals surface area contributed by atoms with Crippen molar-refractivity contribution in [3.8, 4) is 0 Å². The van der Waals surface area contributed by atoms with Gasteiger partial charge in [0.25, 0.3) is 11.7 Å². The molecule has 0 aliphatic carbocycles. The normalized spacial score (nSPS) is 12.6. The smallest absolute Gasteiger partial charge is 0.299 e. The van der Waals surface area contributed by atoms with E-state index in [1.54, 1.807) is 4.68 Å². The summed E-state index contributed by atoms with van der Waals surface area (Å²) in [5.74, 6) is 0.355. The molecular weight excluding hydrogens is 348 g/mol. The number of benzene rings is 3. The van der Waals surface area contributed by atoms with E-state index in [1.165, 1.54) is 5.56 Å². The van der Waals surface area contributed by atoms with Crippen molar-refractivity contribution in [1.29, 1.82) is 0 Å². The van der Waals surface area contributed by atoms with Crippen LogP contribution in [0.1, 0.15) is 32.6 Å². The highest BCUT2D eigenvalue weighted by Gasteiger charge is 2.26. The number of para-hydroxylation sites is 1. The zero-order valence-corrected chi connectivity index (χ0v) is 16.0. The number of carbonyl (C=O) groups excluding carboxylic acids is 1. The predicted molar refractivity (Wildman–Crippen MR) is 112 cm³/mol. The lowest BCUT2D eigenvalue weighted by Crippen LogP contribution is -2.38. The standard InChI is InChI=1S/C23H22N4O/c1-15-8-7-13-20(16(15)2)25-21-12-6-5-11-19(21)23(28)26-27-14-17-9-3-4-10-18(17)22(27)24/h3-13,24H,14H2,1-2H3,(H2,25,26,28)/p+1. The van der Waals surface area contributed by atoms with Gasteiger partial charge in [-0.1, -0.05) is 42.5 Å². The molecule has 1 heterocycles. The van der Waals surface area contributed by atoms with Crippen LogP contribution in [0.3, 0.4) is 0 Å². The summed E-state index contributed by atoms with van der Waals surface area (Å²) in [6, 6.07) is 21.5. The topological polar surface area (TPSA) is 70.2 Å². The molecule has 28 heavy (non-hydrogen) atoms. The van der Waals surface area contributed by atoms with Crippen molar-refractivity contribution in [3.63, 3.8) is 0 Å². The number of nitrogens with zero attached hydrogens (tertiary/aromatic N) is 1. The van der Waals surface area contributed by atoms with Gasteiger partial charge in [-0.2, -0.15) is 10.1 Å². The molecular formula is C23H23N4O+. The van der Waals surface area contributed by atoms with Crippen molar-refractivity contribution in [2.45, 2.75) is 20.4 Å². The second-order valence-corrected chi connectivity index (χ2v) is 6.99. The number of nitrogens with two attached hydrogens (primary N) is 1. The number of amidine groups is 1. The highest BCUT2D eigenvalue weighted by molar-refractivity contribution is 6.01. The van der Waals surface area contributed by atoms with E-state index >= 15 is 0 Å². The summed E-state index contributed by atoms with van der Waals surface area (Å²) in [5, 5.41) is 3.40. The van der Waals surface area contributed by atoms with Crippen LogP contribution in [-0.2, 0) is 6.54 Å². The number of carbonyl (C=O) groups is 1. The highest BCUT2D eigenvalue weighted by Crippen LogP contribution is 2.25. The van der Waals surface area contributed by atoms with Crippen LogP contribution in [0.4, 0.5) is 11.4 Å². The van der Waals surface area contributed by atoms with Crippen molar-refractivity contribution >= 4 is 23.1 Å². The first kappa shape index (κ1) is 17.8. The largest absolute Gasteiger partial charge is 0.355 e. The number of rotatable bonds is 4. The second kappa shape index (κ2) is 7.19. The molecule has 1 aliphatic heterocycles. The third-order valence-electron chi connectivity index (χ3n) is 5.19. The molecule has 5 nitrogen and oxygen atoms in total. The second-order valence-electron chi connectivity index (χ2n) is 6.99. The van der Waals surface area contributed by atoms with Crippen LogP contribution in [0.15, 0.2) is 66.7 Å². The number of aryl methyl sites for hydroxylation is 1. The average molecular weight is 371 g/mol. The first-order valence-electron chi connectivity index (χ1n) is 9.26. The molecule has 0 saturated heterocycles. The van der Waals surface area contributed by atoms with Crippen molar-refractivity contribution < 1.29 is 9.48 Å². The molecule has 3 aromatic carbocycles. The Balaban J connectivity index is 1.60. The van der Waals surface area contributed by atoms with E-state index < -0.39 is 0 Å². The molecule has 0 bridgehead atoms. The van der Waals surface area contributed by atoms with Gasteiger partial charge in [-0.3, -0.25) is 10.5 Å². The molecule has 4 N–H and O–H groups in total. The number of nitrogens with one attached hydrogen (secondary N) is 2. The van der Waals surface area contributed by atoms with Gasteiger partial charge in [0, 0.05) is 11.3 Å². The molecule has 1 amide bonds. The van der Waals surface area contributed by atoms with Crippen LogP contribution in [-0.4, -0.2) is 16.4 Å². The third-order valence-corrected chi connectivity index (χ3v) is 5.19. The Kier molecular flexibility index (Phi) is 4.57. The van der Waals surface area contributed by atoms with Gasteiger partial charge in [-0.25, -0.2) is 0 Å². The maximum atomic E-state index is 13.0. The molecule has 0 fully saturated rings. The average Bonchev–Trinajstić information content (AvgIpc) is 3.01. The Labute approximate surface area is 164 Å². The van der Waals surface area contributed by atoms with Crippen LogP contribution in [0.25, 0.3) is 0 Å². The maximum absolute atomic E-state index is 13.0. The molecule has 0 aromatic heterocycles. The number of hydrazone groups is 1.